The number of hydrogen-bond donors (Lipinski definition) is 2. The highest BCUT2D eigenvalue weighted by molar-refractivity contribution is 5.80. The number of carbonyl (C=O) groups excluding carboxylic acids is 1. The van der Waals surface area contributed by atoms with E-state index in [0.29, 0.717) is 5.92 Å². The molecule has 1 saturated heterocycles. The summed E-state index contributed by atoms with van der Waals surface area (Å²) in [5.74, 6) is 0.377. The Hall–Kier alpha value is -0.570. The van der Waals surface area contributed by atoms with Crippen molar-refractivity contribution in [1.82, 2.24) is 5.32 Å². The maximum atomic E-state index is 10.5. The van der Waals surface area contributed by atoms with Gasteiger partial charge in [-0.15, -0.1) is 0 Å². The van der Waals surface area contributed by atoms with Gasteiger partial charge in [-0.3, -0.25) is 4.79 Å². The van der Waals surface area contributed by atoms with E-state index in [0.717, 1.165) is 13.0 Å². The molecule has 1 amide bonds. The molecular weight excluding hydrogens is 116 g/mol. The minimum Gasteiger partial charge on any atom is -0.368 e. The fourth-order valence-corrected chi connectivity index (χ4v) is 1.13. The first-order valence-electron chi connectivity index (χ1n) is 3.23. The van der Waals surface area contributed by atoms with Crippen LogP contribution in [0.2, 0.25) is 0 Å². The highest BCUT2D eigenvalue weighted by atomic mass is 16.1. The maximum Gasteiger partial charge on any atom is 0.234 e. The van der Waals surface area contributed by atoms with E-state index in [4.69, 9.17) is 5.73 Å². The number of hydrogen-bond acceptors (Lipinski definition) is 2. The van der Waals surface area contributed by atoms with Gasteiger partial charge in [0.25, 0.3) is 0 Å². The lowest BCUT2D eigenvalue weighted by Gasteiger charge is -2.01. The van der Waals surface area contributed by atoms with Gasteiger partial charge in [0.2, 0.25) is 5.91 Å². The lowest BCUT2D eigenvalue weighted by molar-refractivity contribution is -0.119. The van der Waals surface area contributed by atoms with Crippen LogP contribution in [0.3, 0.4) is 0 Å². The standard InChI is InChI=1S/C6H12N2O/c1-4-2-5(6(7)9)8-3-4/h4-5,8H,2-3H2,1H3,(H2,7,9)/t4-,5?/m0/s1. The Morgan fingerprint density at radius 2 is 2.44 bits per heavy atom. The first-order valence-corrected chi connectivity index (χ1v) is 3.23. The molecule has 52 valence electrons. The van der Waals surface area contributed by atoms with Gasteiger partial charge >= 0.3 is 0 Å². The third-order valence-corrected chi connectivity index (χ3v) is 1.69. The van der Waals surface area contributed by atoms with Crippen molar-refractivity contribution >= 4 is 5.91 Å². The number of rotatable bonds is 1. The van der Waals surface area contributed by atoms with Crippen molar-refractivity contribution in [3.63, 3.8) is 0 Å². The molecule has 1 heterocycles. The van der Waals surface area contributed by atoms with E-state index in [9.17, 15) is 4.79 Å². The lowest BCUT2D eigenvalue weighted by Crippen LogP contribution is -2.36. The van der Waals surface area contributed by atoms with Crippen LogP contribution in [0, 0.1) is 5.92 Å². The zero-order valence-corrected chi connectivity index (χ0v) is 5.55. The molecule has 0 aromatic carbocycles. The van der Waals surface area contributed by atoms with Crippen LogP contribution in [-0.2, 0) is 4.79 Å². The SMILES string of the molecule is C[C@@H]1CNC(C(N)=O)C1. The van der Waals surface area contributed by atoms with Gasteiger partial charge in [0.1, 0.15) is 0 Å². The van der Waals surface area contributed by atoms with Gasteiger partial charge in [-0.25, -0.2) is 0 Å². The molecule has 0 aromatic rings. The molecule has 0 radical (unpaired) electrons. The zero-order chi connectivity index (χ0) is 6.85. The number of primary amides is 1. The van der Waals surface area contributed by atoms with Crippen molar-refractivity contribution in [3.05, 3.63) is 0 Å². The minimum atomic E-state index is -0.223. The molecule has 1 rings (SSSR count). The largest absolute Gasteiger partial charge is 0.368 e. The fourth-order valence-electron chi connectivity index (χ4n) is 1.13. The summed E-state index contributed by atoms with van der Waals surface area (Å²) in [6.45, 7) is 3.03. The first-order chi connectivity index (χ1) is 4.20. The normalized spacial score (nSPS) is 34.8. The highest BCUT2D eigenvalue weighted by Gasteiger charge is 2.24. The summed E-state index contributed by atoms with van der Waals surface area (Å²) in [5.41, 5.74) is 5.06. The van der Waals surface area contributed by atoms with Gasteiger partial charge in [-0.05, 0) is 18.9 Å². The Morgan fingerprint density at radius 3 is 2.67 bits per heavy atom. The van der Waals surface area contributed by atoms with E-state index in [2.05, 4.69) is 12.2 Å². The van der Waals surface area contributed by atoms with Gasteiger partial charge in [-0.1, -0.05) is 6.92 Å². The second-order valence-electron chi connectivity index (χ2n) is 2.70. The summed E-state index contributed by atoms with van der Waals surface area (Å²) in [6.07, 6.45) is 0.898. The summed E-state index contributed by atoms with van der Waals surface area (Å²) >= 11 is 0. The summed E-state index contributed by atoms with van der Waals surface area (Å²) < 4.78 is 0. The van der Waals surface area contributed by atoms with E-state index in [1.54, 1.807) is 0 Å². The predicted octanol–water partition coefficient (Wildman–Crippen LogP) is -0.530. The zero-order valence-electron chi connectivity index (χ0n) is 5.55. The van der Waals surface area contributed by atoms with Gasteiger partial charge in [-0.2, -0.15) is 0 Å². The average molecular weight is 128 g/mol. The Bertz CT molecular complexity index is 124. The Labute approximate surface area is 54.6 Å². The van der Waals surface area contributed by atoms with Crippen molar-refractivity contribution in [1.29, 1.82) is 0 Å². The lowest BCUT2D eigenvalue weighted by atomic mass is 10.1. The molecule has 1 aliphatic heterocycles. The highest BCUT2D eigenvalue weighted by Crippen LogP contribution is 2.11. The molecule has 3 N–H and O–H groups in total. The van der Waals surface area contributed by atoms with Gasteiger partial charge in [0, 0.05) is 0 Å². The van der Waals surface area contributed by atoms with Crippen LogP contribution < -0.4 is 11.1 Å². The summed E-state index contributed by atoms with van der Waals surface area (Å²) in [7, 11) is 0. The van der Waals surface area contributed by atoms with E-state index < -0.39 is 0 Å². The quantitative estimate of drug-likeness (QED) is 0.498. The van der Waals surface area contributed by atoms with Crippen LogP contribution in [0.5, 0.6) is 0 Å². The van der Waals surface area contributed by atoms with Gasteiger partial charge in [0.05, 0.1) is 6.04 Å². The predicted molar refractivity (Wildman–Crippen MR) is 34.8 cm³/mol. The smallest absolute Gasteiger partial charge is 0.234 e. The second kappa shape index (κ2) is 2.35. The molecule has 3 nitrogen and oxygen atoms in total. The molecule has 1 aliphatic rings. The molecule has 9 heavy (non-hydrogen) atoms. The molecule has 3 heteroatoms. The summed E-state index contributed by atoms with van der Waals surface area (Å²) in [6, 6.07) is -0.0694. The Balaban J connectivity index is 2.39. The fraction of sp³-hybridized carbons (Fsp3) is 0.833. The molecule has 0 saturated carbocycles. The van der Waals surface area contributed by atoms with Crippen molar-refractivity contribution in [2.24, 2.45) is 11.7 Å². The molecule has 0 spiro atoms. The second-order valence-corrected chi connectivity index (χ2v) is 2.70. The van der Waals surface area contributed by atoms with E-state index in [-0.39, 0.29) is 11.9 Å². The van der Waals surface area contributed by atoms with Crippen molar-refractivity contribution < 1.29 is 4.79 Å². The molecule has 0 aromatic heterocycles. The van der Waals surface area contributed by atoms with Gasteiger partial charge < -0.3 is 11.1 Å². The summed E-state index contributed by atoms with van der Waals surface area (Å²) in [5, 5.41) is 3.03. The van der Waals surface area contributed by atoms with Crippen molar-refractivity contribution in [2.45, 2.75) is 19.4 Å². The number of nitrogens with one attached hydrogen (secondary N) is 1. The first kappa shape index (κ1) is 6.55. The van der Waals surface area contributed by atoms with E-state index >= 15 is 0 Å². The maximum absolute atomic E-state index is 10.5. The van der Waals surface area contributed by atoms with Gasteiger partial charge in [0.15, 0.2) is 0 Å². The van der Waals surface area contributed by atoms with Crippen molar-refractivity contribution in [3.8, 4) is 0 Å². The van der Waals surface area contributed by atoms with Crippen LogP contribution >= 0.6 is 0 Å². The average Bonchev–Trinajstić information content (AvgIpc) is 2.14. The van der Waals surface area contributed by atoms with E-state index in [1.807, 2.05) is 0 Å². The van der Waals surface area contributed by atoms with Crippen LogP contribution in [0.25, 0.3) is 0 Å². The minimum absolute atomic E-state index is 0.0694. The molecule has 0 aliphatic carbocycles. The third kappa shape index (κ3) is 1.42. The van der Waals surface area contributed by atoms with Crippen LogP contribution in [0.15, 0.2) is 0 Å². The topological polar surface area (TPSA) is 55.1 Å². The van der Waals surface area contributed by atoms with Crippen LogP contribution in [0.1, 0.15) is 13.3 Å². The monoisotopic (exact) mass is 128 g/mol. The van der Waals surface area contributed by atoms with Crippen LogP contribution in [0.4, 0.5) is 0 Å². The van der Waals surface area contributed by atoms with E-state index in [1.165, 1.54) is 0 Å². The molecular formula is C6H12N2O. The summed E-state index contributed by atoms with van der Waals surface area (Å²) in [4.78, 5) is 10.5. The number of carbonyl (C=O) groups is 1. The molecule has 2 atom stereocenters. The molecule has 1 fully saturated rings. The molecule has 1 unspecified atom stereocenters. The van der Waals surface area contributed by atoms with Crippen LogP contribution in [-0.4, -0.2) is 18.5 Å². The number of amides is 1. The third-order valence-electron chi connectivity index (χ3n) is 1.69. The molecule has 0 bridgehead atoms. The Kier molecular flexibility index (Phi) is 1.71. The van der Waals surface area contributed by atoms with Crippen molar-refractivity contribution in [2.75, 3.05) is 6.54 Å². The number of nitrogens with two attached hydrogens (primary N) is 1. The Morgan fingerprint density at radius 1 is 1.78 bits per heavy atom.